The Kier molecular flexibility index (Phi) is 9.72. The third-order valence-corrected chi connectivity index (χ3v) is 2.08. The van der Waals surface area contributed by atoms with Crippen molar-refractivity contribution in [1.29, 1.82) is 0 Å². The van der Waals surface area contributed by atoms with E-state index in [4.69, 9.17) is 0 Å². The number of aromatic nitrogens is 1. The summed E-state index contributed by atoms with van der Waals surface area (Å²) in [5, 5.41) is 6.67. The second-order valence-electron chi connectivity index (χ2n) is 3.05. The lowest BCUT2D eigenvalue weighted by atomic mass is 10.2. The summed E-state index contributed by atoms with van der Waals surface area (Å²) in [6.45, 7) is 10.2. The minimum absolute atomic E-state index is 0.555. The minimum atomic E-state index is 0.555. The largest absolute Gasteiger partial charge is 0.366 e. The topological polar surface area (TPSA) is 37.0 Å². The van der Waals surface area contributed by atoms with Crippen molar-refractivity contribution in [2.75, 3.05) is 18.4 Å². The quantitative estimate of drug-likeness (QED) is 0.809. The molecule has 0 aliphatic carbocycles. The second kappa shape index (κ2) is 10.4. The number of nitrogens with one attached hydrogen (secondary N) is 2. The number of pyridine rings is 1. The fraction of sp³-hybridized carbons (Fsp3) is 0.615. The maximum absolute atomic E-state index is 4.20. The van der Waals surface area contributed by atoms with Gasteiger partial charge in [0.1, 0.15) is 5.82 Å². The van der Waals surface area contributed by atoms with E-state index >= 15 is 0 Å². The van der Waals surface area contributed by atoms with Crippen LogP contribution in [0.4, 0.5) is 5.82 Å². The van der Waals surface area contributed by atoms with Gasteiger partial charge >= 0.3 is 0 Å². The molecule has 92 valence electrons. The second-order valence-corrected chi connectivity index (χ2v) is 3.05. The van der Waals surface area contributed by atoms with Crippen LogP contribution in [0.3, 0.4) is 0 Å². The molecule has 1 aliphatic rings. The SMILES string of the molecule is CC.CC.c1ccc(NC2CCNC2)nc1. The zero-order valence-electron chi connectivity index (χ0n) is 11.0. The van der Waals surface area contributed by atoms with Gasteiger partial charge in [0.25, 0.3) is 0 Å². The van der Waals surface area contributed by atoms with Gasteiger partial charge in [-0.15, -0.1) is 0 Å². The highest BCUT2D eigenvalue weighted by molar-refractivity contribution is 5.34. The number of hydrogen-bond donors (Lipinski definition) is 2. The van der Waals surface area contributed by atoms with Gasteiger partial charge in [-0.2, -0.15) is 0 Å². The van der Waals surface area contributed by atoms with Gasteiger partial charge in [-0.3, -0.25) is 0 Å². The normalized spacial score (nSPS) is 17.6. The molecule has 0 amide bonds. The van der Waals surface area contributed by atoms with Gasteiger partial charge in [-0.25, -0.2) is 4.98 Å². The highest BCUT2D eigenvalue weighted by Gasteiger charge is 2.13. The molecule has 16 heavy (non-hydrogen) atoms. The summed E-state index contributed by atoms with van der Waals surface area (Å²) in [6, 6.07) is 6.48. The zero-order chi connectivity index (χ0) is 12.2. The molecule has 0 radical (unpaired) electrons. The Bertz CT molecular complexity index is 230. The van der Waals surface area contributed by atoms with Gasteiger partial charge in [0.05, 0.1) is 0 Å². The summed E-state index contributed by atoms with van der Waals surface area (Å²) in [5.41, 5.74) is 0. The predicted octanol–water partition coefficient (Wildman–Crippen LogP) is 2.91. The predicted molar refractivity (Wildman–Crippen MR) is 71.8 cm³/mol. The van der Waals surface area contributed by atoms with Gasteiger partial charge in [0, 0.05) is 18.8 Å². The molecule has 1 aromatic heterocycles. The monoisotopic (exact) mass is 223 g/mol. The van der Waals surface area contributed by atoms with Crippen LogP contribution >= 0.6 is 0 Å². The summed E-state index contributed by atoms with van der Waals surface area (Å²) in [6.07, 6.45) is 3.00. The molecular formula is C13H25N3. The zero-order valence-corrected chi connectivity index (χ0v) is 11.0. The molecule has 3 heteroatoms. The number of rotatable bonds is 2. The van der Waals surface area contributed by atoms with E-state index in [1.807, 2.05) is 52.1 Å². The average Bonchev–Trinajstić information content (AvgIpc) is 2.88. The molecule has 1 unspecified atom stereocenters. The summed E-state index contributed by atoms with van der Waals surface area (Å²) in [7, 11) is 0. The van der Waals surface area contributed by atoms with Crippen LogP contribution in [0.5, 0.6) is 0 Å². The fourth-order valence-electron chi connectivity index (χ4n) is 1.44. The van der Waals surface area contributed by atoms with Crippen molar-refractivity contribution in [3.63, 3.8) is 0 Å². The van der Waals surface area contributed by atoms with E-state index in [1.54, 1.807) is 0 Å². The summed E-state index contributed by atoms with van der Waals surface area (Å²) < 4.78 is 0. The first-order valence-corrected chi connectivity index (χ1v) is 6.33. The Morgan fingerprint density at radius 2 is 2.00 bits per heavy atom. The van der Waals surface area contributed by atoms with Crippen molar-refractivity contribution >= 4 is 5.82 Å². The minimum Gasteiger partial charge on any atom is -0.366 e. The third kappa shape index (κ3) is 5.71. The van der Waals surface area contributed by atoms with E-state index in [1.165, 1.54) is 6.42 Å². The van der Waals surface area contributed by atoms with Crippen molar-refractivity contribution in [3.05, 3.63) is 24.4 Å². The number of anilines is 1. The van der Waals surface area contributed by atoms with E-state index in [0.717, 1.165) is 18.9 Å². The van der Waals surface area contributed by atoms with Crippen molar-refractivity contribution in [1.82, 2.24) is 10.3 Å². The lowest BCUT2D eigenvalue weighted by Gasteiger charge is -2.10. The van der Waals surface area contributed by atoms with Gasteiger partial charge in [-0.1, -0.05) is 33.8 Å². The van der Waals surface area contributed by atoms with Gasteiger partial charge in [0.2, 0.25) is 0 Å². The Labute approximate surface area is 99.7 Å². The maximum Gasteiger partial charge on any atom is 0.126 e. The van der Waals surface area contributed by atoms with E-state index in [9.17, 15) is 0 Å². The van der Waals surface area contributed by atoms with Gasteiger partial charge in [-0.05, 0) is 25.1 Å². The molecule has 1 atom stereocenters. The molecule has 2 rings (SSSR count). The van der Waals surface area contributed by atoms with E-state index in [-0.39, 0.29) is 0 Å². The molecule has 0 spiro atoms. The van der Waals surface area contributed by atoms with Crippen molar-refractivity contribution < 1.29 is 0 Å². The van der Waals surface area contributed by atoms with Gasteiger partial charge in [0.15, 0.2) is 0 Å². The number of nitrogens with zero attached hydrogens (tertiary/aromatic N) is 1. The number of hydrogen-bond acceptors (Lipinski definition) is 3. The smallest absolute Gasteiger partial charge is 0.126 e. The lowest BCUT2D eigenvalue weighted by molar-refractivity contribution is 0.788. The van der Waals surface area contributed by atoms with Crippen LogP contribution in [0.1, 0.15) is 34.1 Å². The van der Waals surface area contributed by atoms with Crippen LogP contribution in [0.2, 0.25) is 0 Å². The average molecular weight is 223 g/mol. The first-order chi connectivity index (χ1) is 7.95. The molecule has 1 fully saturated rings. The maximum atomic E-state index is 4.20. The molecular weight excluding hydrogens is 198 g/mol. The van der Waals surface area contributed by atoms with Crippen LogP contribution in [-0.2, 0) is 0 Å². The highest BCUT2D eigenvalue weighted by Crippen LogP contribution is 2.06. The molecule has 0 saturated carbocycles. The van der Waals surface area contributed by atoms with Crippen molar-refractivity contribution in [3.8, 4) is 0 Å². The summed E-state index contributed by atoms with van der Waals surface area (Å²) in [4.78, 5) is 4.20. The molecule has 1 aliphatic heterocycles. The first-order valence-electron chi connectivity index (χ1n) is 6.33. The molecule has 3 nitrogen and oxygen atoms in total. The van der Waals surface area contributed by atoms with Crippen molar-refractivity contribution in [2.45, 2.75) is 40.2 Å². The van der Waals surface area contributed by atoms with Crippen LogP contribution < -0.4 is 10.6 Å². The van der Waals surface area contributed by atoms with Crippen LogP contribution in [0.25, 0.3) is 0 Å². The van der Waals surface area contributed by atoms with E-state index in [2.05, 4.69) is 15.6 Å². The van der Waals surface area contributed by atoms with E-state index in [0.29, 0.717) is 6.04 Å². The lowest BCUT2D eigenvalue weighted by Crippen LogP contribution is -2.22. The van der Waals surface area contributed by atoms with Crippen LogP contribution in [-0.4, -0.2) is 24.1 Å². The van der Waals surface area contributed by atoms with Crippen LogP contribution in [0.15, 0.2) is 24.4 Å². The Hall–Kier alpha value is -1.09. The molecule has 0 bridgehead atoms. The molecule has 2 N–H and O–H groups in total. The molecule has 0 aromatic carbocycles. The van der Waals surface area contributed by atoms with Gasteiger partial charge < -0.3 is 10.6 Å². The first kappa shape index (κ1) is 14.9. The summed E-state index contributed by atoms with van der Waals surface area (Å²) in [5.74, 6) is 0.978. The fourth-order valence-corrected chi connectivity index (χ4v) is 1.44. The highest BCUT2D eigenvalue weighted by atomic mass is 15.1. The Morgan fingerprint density at radius 1 is 1.25 bits per heavy atom. The summed E-state index contributed by atoms with van der Waals surface area (Å²) >= 11 is 0. The third-order valence-electron chi connectivity index (χ3n) is 2.08. The Balaban J connectivity index is 0.000000509. The molecule has 2 heterocycles. The standard InChI is InChI=1S/C9H13N3.2C2H6/c1-2-5-11-9(3-1)12-8-4-6-10-7-8;2*1-2/h1-3,5,8,10H,4,6-7H2,(H,11,12);2*1-2H3. The Morgan fingerprint density at radius 3 is 2.50 bits per heavy atom. The van der Waals surface area contributed by atoms with Crippen molar-refractivity contribution in [2.24, 2.45) is 0 Å². The molecule has 1 aromatic rings. The molecule has 1 saturated heterocycles. The van der Waals surface area contributed by atoms with E-state index < -0.39 is 0 Å². The van der Waals surface area contributed by atoms with Crippen LogP contribution in [0, 0.1) is 0 Å².